The molecule has 22 heavy (non-hydrogen) atoms. The fourth-order valence-corrected chi connectivity index (χ4v) is 2.77. The number of fused-ring (bicyclic) bond motifs is 1. The second-order valence-electron chi connectivity index (χ2n) is 5.48. The van der Waals surface area contributed by atoms with Crippen LogP contribution in [0.1, 0.15) is 34.3 Å². The smallest absolute Gasteiger partial charge is 0.258 e. The molecule has 0 aromatic heterocycles. The van der Waals surface area contributed by atoms with E-state index in [-0.39, 0.29) is 17.7 Å². The van der Waals surface area contributed by atoms with Gasteiger partial charge in [-0.15, -0.1) is 0 Å². The van der Waals surface area contributed by atoms with Crippen LogP contribution in [0.15, 0.2) is 48.5 Å². The Morgan fingerprint density at radius 2 is 1.82 bits per heavy atom. The lowest BCUT2D eigenvalue weighted by molar-refractivity contribution is -0.121. The summed E-state index contributed by atoms with van der Waals surface area (Å²) in [5.41, 5.74) is 3.61. The van der Waals surface area contributed by atoms with Gasteiger partial charge in [0.05, 0.1) is 12.5 Å². The van der Waals surface area contributed by atoms with Crippen molar-refractivity contribution in [2.75, 3.05) is 11.9 Å². The van der Waals surface area contributed by atoms with E-state index < -0.39 is 0 Å². The summed E-state index contributed by atoms with van der Waals surface area (Å²) in [5, 5.41) is 2.65. The number of likely N-dealkylation sites (N-methyl/N-ethyl adjacent to an activating group) is 1. The van der Waals surface area contributed by atoms with Gasteiger partial charge in [-0.1, -0.05) is 30.3 Å². The first-order valence-electron chi connectivity index (χ1n) is 7.33. The molecule has 1 atom stereocenters. The first kappa shape index (κ1) is 14.3. The van der Waals surface area contributed by atoms with Crippen LogP contribution in [0.3, 0.4) is 0 Å². The molecule has 0 saturated carbocycles. The van der Waals surface area contributed by atoms with Crippen LogP contribution in [0, 0.1) is 0 Å². The highest BCUT2D eigenvalue weighted by molar-refractivity contribution is 6.10. The van der Waals surface area contributed by atoms with Crippen LogP contribution in [-0.4, -0.2) is 18.9 Å². The topological polar surface area (TPSA) is 49.4 Å². The molecule has 0 fully saturated rings. The number of benzene rings is 2. The highest BCUT2D eigenvalue weighted by atomic mass is 16.2. The zero-order chi connectivity index (χ0) is 15.7. The number of hydrogen-bond donors (Lipinski definition) is 1. The van der Waals surface area contributed by atoms with Gasteiger partial charge in [0, 0.05) is 18.3 Å². The fourth-order valence-electron chi connectivity index (χ4n) is 2.77. The van der Waals surface area contributed by atoms with Crippen LogP contribution in [0.4, 0.5) is 5.69 Å². The zero-order valence-corrected chi connectivity index (χ0v) is 12.7. The number of carbonyl (C=O) groups excluding carboxylic acids is 2. The summed E-state index contributed by atoms with van der Waals surface area (Å²) in [6.07, 6.45) is 0. The van der Waals surface area contributed by atoms with E-state index in [0.717, 1.165) is 22.4 Å². The lowest BCUT2D eigenvalue weighted by atomic mass is 10.00. The van der Waals surface area contributed by atoms with E-state index in [1.165, 1.54) is 0 Å². The van der Waals surface area contributed by atoms with E-state index in [1.807, 2.05) is 55.5 Å². The predicted octanol–water partition coefficient (Wildman–Crippen LogP) is 2.70. The van der Waals surface area contributed by atoms with Crippen molar-refractivity contribution in [2.24, 2.45) is 0 Å². The number of carbonyl (C=O) groups is 2. The SMILES string of the molecule is CNC(=O)C(C)c1ccc(N2Cc3ccccc3C2=O)cc1. The van der Waals surface area contributed by atoms with E-state index in [0.29, 0.717) is 6.54 Å². The second-order valence-corrected chi connectivity index (χ2v) is 5.48. The third kappa shape index (κ3) is 2.37. The highest BCUT2D eigenvalue weighted by Crippen LogP contribution is 2.29. The maximum absolute atomic E-state index is 12.4. The maximum atomic E-state index is 12.4. The summed E-state index contributed by atoms with van der Waals surface area (Å²) in [5.74, 6) is -0.189. The molecule has 0 bridgehead atoms. The van der Waals surface area contributed by atoms with Crippen molar-refractivity contribution in [3.8, 4) is 0 Å². The molecular weight excluding hydrogens is 276 g/mol. The van der Waals surface area contributed by atoms with Crippen molar-refractivity contribution in [3.05, 3.63) is 65.2 Å². The Kier molecular flexibility index (Phi) is 3.67. The summed E-state index contributed by atoms with van der Waals surface area (Å²) in [4.78, 5) is 25.9. The van der Waals surface area contributed by atoms with Crippen LogP contribution in [0.2, 0.25) is 0 Å². The van der Waals surface area contributed by atoms with Gasteiger partial charge in [-0.05, 0) is 36.2 Å². The second kappa shape index (κ2) is 5.64. The summed E-state index contributed by atoms with van der Waals surface area (Å²) >= 11 is 0. The molecule has 2 aromatic rings. The minimum atomic E-state index is -0.203. The molecule has 3 rings (SSSR count). The minimum absolute atomic E-state index is 0.0163. The average Bonchev–Trinajstić information content (AvgIpc) is 2.91. The molecule has 0 spiro atoms. The van der Waals surface area contributed by atoms with Gasteiger partial charge in [0.15, 0.2) is 0 Å². The summed E-state index contributed by atoms with van der Waals surface area (Å²) in [7, 11) is 1.63. The van der Waals surface area contributed by atoms with Crippen molar-refractivity contribution in [1.29, 1.82) is 0 Å². The molecule has 1 N–H and O–H groups in total. The van der Waals surface area contributed by atoms with Gasteiger partial charge in [0.2, 0.25) is 5.91 Å². The van der Waals surface area contributed by atoms with Crippen LogP contribution in [0.5, 0.6) is 0 Å². The fraction of sp³-hybridized carbons (Fsp3) is 0.222. The Morgan fingerprint density at radius 1 is 1.14 bits per heavy atom. The molecule has 2 amide bonds. The van der Waals surface area contributed by atoms with Gasteiger partial charge in [-0.2, -0.15) is 0 Å². The Morgan fingerprint density at radius 3 is 2.45 bits per heavy atom. The normalized spacial score (nSPS) is 14.6. The van der Waals surface area contributed by atoms with E-state index >= 15 is 0 Å². The monoisotopic (exact) mass is 294 g/mol. The number of amides is 2. The van der Waals surface area contributed by atoms with E-state index in [4.69, 9.17) is 0 Å². The largest absolute Gasteiger partial charge is 0.359 e. The Labute approximate surface area is 129 Å². The third-order valence-electron chi connectivity index (χ3n) is 4.17. The van der Waals surface area contributed by atoms with Crippen molar-refractivity contribution < 1.29 is 9.59 Å². The molecule has 112 valence electrons. The standard InChI is InChI=1S/C18H18N2O2/c1-12(17(21)19-2)13-7-9-15(10-8-13)20-11-14-5-3-4-6-16(14)18(20)22/h3-10,12H,11H2,1-2H3,(H,19,21). The van der Waals surface area contributed by atoms with E-state index in [2.05, 4.69) is 5.32 Å². The third-order valence-corrected chi connectivity index (χ3v) is 4.17. The van der Waals surface area contributed by atoms with Crippen molar-refractivity contribution in [2.45, 2.75) is 19.4 Å². The number of anilines is 1. The average molecular weight is 294 g/mol. The summed E-state index contributed by atoms with van der Waals surface area (Å²) in [6.45, 7) is 2.46. The molecule has 1 heterocycles. The van der Waals surface area contributed by atoms with Gasteiger partial charge < -0.3 is 10.2 Å². The van der Waals surface area contributed by atoms with E-state index in [1.54, 1.807) is 11.9 Å². The molecule has 1 aliphatic rings. The van der Waals surface area contributed by atoms with Gasteiger partial charge >= 0.3 is 0 Å². The molecule has 2 aromatic carbocycles. The lowest BCUT2D eigenvalue weighted by Crippen LogP contribution is -2.24. The highest BCUT2D eigenvalue weighted by Gasteiger charge is 2.28. The van der Waals surface area contributed by atoms with Gasteiger partial charge in [-0.3, -0.25) is 9.59 Å². The van der Waals surface area contributed by atoms with Gasteiger partial charge in [0.25, 0.3) is 5.91 Å². The lowest BCUT2D eigenvalue weighted by Gasteiger charge is -2.17. The van der Waals surface area contributed by atoms with Crippen LogP contribution in [-0.2, 0) is 11.3 Å². The zero-order valence-electron chi connectivity index (χ0n) is 12.7. The van der Waals surface area contributed by atoms with E-state index in [9.17, 15) is 9.59 Å². The predicted molar refractivity (Wildman–Crippen MR) is 85.9 cm³/mol. The number of nitrogens with one attached hydrogen (secondary N) is 1. The van der Waals surface area contributed by atoms with Crippen LogP contribution >= 0.6 is 0 Å². The Hall–Kier alpha value is -2.62. The number of nitrogens with zero attached hydrogens (tertiary/aromatic N) is 1. The van der Waals surface area contributed by atoms with Crippen molar-refractivity contribution in [3.63, 3.8) is 0 Å². The van der Waals surface area contributed by atoms with Gasteiger partial charge in [-0.25, -0.2) is 0 Å². The molecule has 0 aliphatic carbocycles. The Balaban J connectivity index is 1.83. The summed E-state index contributed by atoms with van der Waals surface area (Å²) in [6, 6.07) is 15.3. The molecule has 0 radical (unpaired) electrons. The number of hydrogen-bond acceptors (Lipinski definition) is 2. The van der Waals surface area contributed by atoms with Crippen molar-refractivity contribution >= 4 is 17.5 Å². The van der Waals surface area contributed by atoms with Crippen LogP contribution < -0.4 is 10.2 Å². The quantitative estimate of drug-likeness (QED) is 0.946. The summed E-state index contributed by atoms with van der Waals surface area (Å²) < 4.78 is 0. The molecule has 1 aliphatic heterocycles. The van der Waals surface area contributed by atoms with Crippen LogP contribution in [0.25, 0.3) is 0 Å². The van der Waals surface area contributed by atoms with Gasteiger partial charge in [0.1, 0.15) is 0 Å². The first-order chi connectivity index (χ1) is 10.6. The minimum Gasteiger partial charge on any atom is -0.359 e. The number of rotatable bonds is 3. The Bertz CT molecular complexity index is 722. The maximum Gasteiger partial charge on any atom is 0.258 e. The molecule has 4 heteroatoms. The first-order valence-corrected chi connectivity index (χ1v) is 7.33. The molecule has 1 unspecified atom stereocenters. The van der Waals surface area contributed by atoms with Crippen molar-refractivity contribution in [1.82, 2.24) is 5.32 Å². The molecule has 0 saturated heterocycles. The molecular formula is C18H18N2O2. The molecule has 4 nitrogen and oxygen atoms in total.